The lowest BCUT2D eigenvalue weighted by atomic mass is 9.95. The summed E-state index contributed by atoms with van der Waals surface area (Å²) in [7, 11) is 0. The van der Waals surface area contributed by atoms with Crippen LogP contribution in [0.5, 0.6) is 0 Å². The Morgan fingerprint density at radius 2 is 1.33 bits per heavy atom. The van der Waals surface area contributed by atoms with E-state index < -0.39 is 5.41 Å². The Hall–Kier alpha value is -2.54. The van der Waals surface area contributed by atoms with Crippen molar-refractivity contribution >= 4 is 0 Å². The smallest absolute Gasteiger partial charge is 0.0883 e. The van der Waals surface area contributed by atoms with E-state index in [1.807, 2.05) is 13.8 Å². The highest BCUT2D eigenvalue weighted by molar-refractivity contribution is 5.48. The van der Waals surface area contributed by atoms with Crippen molar-refractivity contribution in [1.82, 2.24) is 0 Å². The lowest BCUT2D eigenvalue weighted by molar-refractivity contribution is 0.686. The lowest BCUT2D eigenvalue weighted by Gasteiger charge is -2.05. The van der Waals surface area contributed by atoms with Crippen molar-refractivity contribution in [2.45, 2.75) is 41.5 Å². The standard InChI is InChI=1S/C21H20/c1-7-8-10-13-21(5,6)14-11-9-12-20-16-18(3)17(2)15-19(20)4/h15-16H,1-6H3. The second kappa shape index (κ2) is 7.30. The van der Waals surface area contributed by atoms with Gasteiger partial charge in [-0.15, -0.1) is 0 Å². The maximum Gasteiger partial charge on any atom is 0.0883 e. The van der Waals surface area contributed by atoms with E-state index in [1.165, 1.54) is 16.7 Å². The molecule has 0 fully saturated rings. The van der Waals surface area contributed by atoms with Crippen molar-refractivity contribution in [3.8, 4) is 47.4 Å². The molecule has 0 saturated carbocycles. The van der Waals surface area contributed by atoms with Crippen LogP contribution in [-0.2, 0) is 0 Å². The molecule has 21 heavy (non-hydrogen) atoms. The van der Waals surface area contributed by atoms with Crippen LogP contribution in [0, 0.1) is 73.5 Å². The van der Waals surface area contributed by atoms with Crippen molar-refractivity contribution in [3.05, 3.63) is 34.4 Å². The predicted octanol–water partition coefficient (Wildman–Crippen LogP) is 4.02. The van der Waals surface area contributed by atoms with Crippen molar-refractivity contribution in [1.29, 1.82) is 0 Å². The molecule has 0 amide bonds. The molecule has 0 unspecified atom stereocenters. The van der Waals surface area contributed by atoms with Crippen molar-refractivity contribution in [3.63, 3.8) is 0 Å². The molecule has 0 aliphatic carbocycles. The summed E-state index contributed by atoms with van der Waals surface area (Å²) in [4.78, 5) is 0. The second-order valence-corrected chi connectivity index (χ2v) is 5.50. The van der Waals surface area contributed by atoms with Crippen LogP contribution in [-0.4, -0.2) is 0 Å². The molecule has 0 N–H and O–H groups in total. The first-order valence-electron chi connectivity index (χ1n) is 6.90. The summed E-state index contributed by atoms with van der Waals surface area (Å²) < 4.78 is 0. The van der Waals surface area contributed by atoms with Gasteiger partial charge in [-0.1, -0.05) is 29.7 Å². The molecule has 104 valence electrons. The van der Waals surface area contributed by atoms with Gasteiger partial charge in [0.05, 0.1) is 5.41 Å². The normalized spacial score (nSPS) is 8.86. The van der Waals surface area contributed by atoms with E-state index in [1.54, 1.807) is 6.92 Å². The molecule has 1 aromatic rings. The van der Waals surface area contributed by atoms with Gasteiger partial charge in [0.25, 0.3) is 0 Å². The molecule has 0 saturated heterocycles. The van der Waals surface area contributed by atoms with E-state index in [9.17, 15) is 0 Å². The molecule has 0 radical (unpaired) electrons. The van der Waals surface area contributed by atoms with Crippen LogP contribution in [0.3, 0.4) is 0 Å². The van der Waals surface area contributed by atoms with Gasteiger partial charge in [-0.3, -0.25) is 0 Å². The Bertz CT molecular complexity index is 774. The van der Waals surface area contributed by atoms with Gasteiger partial charge in [0.2, 0.25) is 0 Å². The van der Waals surface area contributed by atoms with Crippen LogP contribution in [0.2, 0.25) is 0 Å². The average Bonchev–Trinajstić information content (AvgIpc) is 2.40. The van der Waals surface area contributed by atoms with Crippen LogP contribution in [0.15, 0.2) is 12.1 Å². The van der Waals surface area contributed by atoms with Gasteiger partial charge in [-0.2, -0.15) is 0 Å². The van der Waals surface area contributed by atoms with Gasteiger partial charge in [0.1, 0.15) is 0 Å². The first kappa shape index (κ1) is 16.5. The van der Waals surface area contributed by atoms with Crippen molar-refractivity contribution in [2.24, 2.45) is 5.41 Å². The summed E-state index contributed by atoms with van der Waals surface area (Å²) in [5.74, 6) is 23.3. The first-order chi connectivity index (χ1) is 9.85. The molecule has 0 aliphatic heterocycles. The maximum absolute atomic E-state index is 3.12. The number of benzene rings is 1. The SMILES string of the molecule is CC#CC#CC(C)(C)C#CC#Cc1cc(C)c(C)cc1C. The molecular weight excluding hydrogens is 252 g/mol. The third kappa shape index (κ3) is 5.53. The van der Waals surface area contributed by atoms with Crippen molar-refractivity contribution < 1.29 is 0 Å². The fourth-order valence-electron chi connectivity index (χ4n) is 1.66. The predicted molar refractivity (Wildman–Crippen MR) is 90.3 cm³/mol. The molecule has 0 heteroatoms. The molecule has 0 aliphatic rings. The third-order valence-electron chi connectivity index (χ3n) is 3.04. The van der Waals surface area contributed by atoms with Crippen LogP contribution in [0.25, 0.3) is 0 Å². The van der Waals surface area contributed by atoms with E-state index in [0.717, 1.165) is 5.56 Å². The van der Waals surface area contributed by atoms with Gasteiger partial charge in [0.15, 0.2) is 0 Å². The Balaban J connectivity index is 2.97. The molecule has 0 nitrogen and oxygen atoms in total. The van der Waals surface area contributed by atoms with E-state index >= 15 is 0 Å². The van der Waals surface area contributed by atoms with Gasteiger partial charge in [-0.05, 0) is 88.0 Å². The van der Waals surface area contributed by atoms with E-state index in [4.69, 9.17) is 0 Å². The number of rotatable bonds is 0. The second-order valence-electron chi connectivity index (χ2n) is 5.50. The van der Waals surface area contributed by atoms with Gasteiger partial charge < -0.3 is 0 Å². The monoisotopic (exact) mass is 272 g/mol. The molecule has 0 atom stereocenters. The molecule has 0 heterocycles. The summed E-state index contributed by atoms with van der Waals surface area (Å²) in [5, 5.41) is 0. The Morgan fingerprint density at radius 3 is 1.95 bits per heavy atom. The van der Waals surface area contributed by atoms with E-state index in [-0.39, 0.29) is 0 Å². The summed E-state index contributed by atoms with van der Waals surface area (Å²) >= 11 is 0. The molecule has 0 spiro atoms. The molecular formula is C21H20. The zero-order chi connectivity index (χ0) is 15.9. The maximum atomic E-state index is 3.12. The van der Waals surface area contributed by atoms with Crippen LogP contribution in [0.4, 0.5) is 0 Å². The highest BCUT2D eigenvalue weighted by Gasteiger charge is 2.08. The van der Waals surface area contributed by atoms with E-state index in [0.29, 0.717) is 0 Å². The van der Waals surface area contributed by atoms with Gasteiger partial charge in [0, 0.05) is 5.56 Å². The average molecular weight is 272 g/mol. The van der Waals surface area contributed by atoms with Crippen LogP contribution >= 0.6 is 0 Å². The summed E-state index contributed by atoms with van der Waals surface area (Å²) in [6.07, 6.45) is 0. The zero-order valence-electron chi connectivity index (χ0n) is 13.7. The third-order valence-corrected chi connectivity index (χ3v) is 3.04. The Labute approximate surface area is 129 Å². The summed E-state index contributed by atoms with van der Waals surface area (Å²) in [5.41, 5.74) is 4.37. The molecule has 0 aromatic heterocycles. The minimum absolute atomic E-state index is 0.392. The number of hydrogen-bond donors (Lipinski definition) is 0. The Morgan fingerprint density at radius 1 is 0.762 bits per heavy atom. The summed E-state index contributed by atoms with van der Waals surface area (Å²) in [6, 6.07) is 4.27. The molecule has 1 aromatic carbocycles. The largest absolute Gasteiger partial charge is 0.0925 e. The number of hydrogen-bond acceptors (Lipinski definition) is 0. The number of aryl methyl sites for hydroxylation is 3. The fourth-order valence-corrected chi connectivity index (χ4v) is 1.66. The van der Waals surface area contributed by atoms with Gasteiger partial charge >= 0.3 is 0 Å². The lowest BCUT2D eigenvalue weighted by Crippen LogP contribution is -2.03. The topological polar surface area (TPSA) is 0 Å². The Kier molecular flexibility index (Phi) is 5.74. The minimum Gasteiger partial charge on any atom is -0.0925 e. The van der Waals surface area contributed by atoms with Crippen LogP contribution in [0.1, 0.15) is 43.0 Å². The van der Waals surface area contributed by atoms with Crippen LogP contribution < -0.4 is 0 Å². The molecule has 0 bridgehead atoms. The quantitative estimate of drug-likeness (QED) is 0.626. The van der Waals surface area contributed by atoms with Gasteiger partial charge in [-0.25, -0.2) is 0 Å². The minimum atomic E-state index is -0.392. The van der Waals surface area contributed by atoms with Crippen molar-refractivity contribution in [2.75, 3.05) is 0 Å². The molecule has 1 rings (SSSR count). The highest BCUT2D eigenvalue weighted by atomic mass is 14.1. The summed E-state index contributed by atoms with van der Waals surface area (Å²) in [6.45, 7) is 12.0. The first-order valence-corrected chi connectivity index (χ1v) is 6.90. The zero-order valence-corrected chi connectivity index (χ0v) is 13.7. The fraction of sp³-hybridized carbons (Fsp3) is 0.333. The highest BCUT2D eigenvalue weighted by Crippen LogP contribution is 2.14. The van der Waals surface area contributed by atoms with E-state index in [2.05, 4.69) is 80.3 Å².